The first kappa shape index (κ1) is 18.2. The van der Waals surface area contributed by atoms with Crippen LogP contribution in [0.4, 0.5) is 28.9 Å². The summed E-state index contributed by atoms with van der Waals surface area (Å²) < 4.78 is 58.2. The highest BCUT2D eigenvalue weighted by Crippen LogP contribution is 2.36. The van der Waals surface area contributed by atoms with Crippen LogP contribution in [0.5, 0.6) is 0 Å². The minimum absolute atomic E-state index is 0.0185. The molecule has 4 nitrogen and oxygen atoms in total. The Morgan fingerprint density at radius 3 is 2.42 bits per heavy atom. The van der Waals surface area contributed by atoms with Crippen LogP contribution in [0.25, 0.3) is 0 Å². The lowest BCUT2D eigenvalue weighted by molar-refractivity contribution is -0.137. The Labute approximate surface area is 147 Å². The van der Waals surface area contributed by atoms with Gasteiger partial charge >= 0.3 is 6.18 Å². The number of morpholine rings is 1. The van der Waals surface area contributed by atoms with Gasteiger partial charge in [-0.25, -0.2) is 4.39 Å². The number of rotatable bonds is 3. The first-order valence-corrected chi connectivity index (χ1v) is 7.96. The predicted octanol–water partition coefficient (Wildman–Crippen LogP) is 3.93. The number of benzene rings is 2. The minimum atomic E-state index is -4.55. The minimum Gasteiger partial charge on any atom is -0.378 e. The number of carbonyl (C=O) groups excluding carboxylic acids is 1. The molecule has 0 saturated carbocycles. The summed E-state index contributed by atoms with van der Waals surface area (Å²) in [5, 5.41) is 2.42. The zero-order valence-corrected chi connectivity index (χ0v) is 13.6. The van der Waals surface area contributed by atoms with Gasteiger partial charge in [0.25, 0.3) is 5.91 Å². The molecule has 0 aromatic heterocycles. The highest BCUT2D eigenvalue weighted by Gasteiger charge is 2.32. The molecule has 138 valence electrons. The van der Waals surface area contributed by atoms with Crippen LogP contribution in [0, 0.1) is 5.82 Å². The van der Waals surface area contributed by atoms with Crippen LogP contribution in [0.1, 0.15) is 15.9 Å². The Kier molecular flexibility index (Phi) is 5.13. The van der Waals surface area contributed by atoms with Crippen molar-refractivity contribution in [3.63, 3.8) is 0 Å². The molecule has 26 heavy (non-hydrogen) atoms. The number of carbonyl (C=O) groups is 1. The number of halogens is 4. The normalized spacial score (nSPS) is 15.0. The number of alkyl halides is 3. The van der Waals surface area contributed by atoms with E-state index in [1.54, 1.807) is 0 Å². The van der Waals surface area contributed by atoms with Gasteiger partial charge in [0.05, 0.1) is 35.7 Å². The van der Waals surface area contributed by atoms with E-state index in [1.807, 2.05) is 4.90 Å². The third-order valence-corrected chi connectivity index (χ3v) is 4.04. The quantitative estimate of drug-likeness (QED) is 0.835. The summed E-state index contributed by atoms with van der Waals surface area (Å²) >= 11 is 0. The third kappa shape index (κ3) is 3.96. The van der Waals surface area contributed by atoms with Crippen LogP contribution in [0.3, 0.4) is 0 Å². The average molecular weight is 368 g/mol. The van der Waals surface area contributed by atoms with Crippen molar-refractivity contribution < 1.29 is 27.1 Å². The standard InChI is InChI=1S/C18H16F4N2O2/c19-14-4-2-1-3-13(14)17(25)23-15-11-12(18(20,21)22)5-6-16(15)24-7-9-26-10-8-24/h1-6,11H,7-10H2,(H,23,25). The van der Waals surface area contributed by atoms with Crippen molar-refractivity contribution in [3.05, 3.63) is 59.4 Å². The van der Waals surface area contributed by atoms with E-state index < -0.39 is 23.5 Å². The topological polar surface area (TPSA) is 41.6 Å². The van der Waals surface area contributed by atoms with Crippen molar-refractivity contribution in [2.75, 3.05) is 36.5 Å². The molecule has 1 fully saturated rings. The first-order valence-electron chi connectivity index (χ1n) is 7.96. The molecule has 8 heteroatoms. The second kappa shape index (κ2) is 7.33. The molecule has 1 aliphatic rings. The van der Waals surface area contributed by atoms with Gasteiger partial charge in [0.2, 0.25) is 0 Å². The summed E-state index contributed by atoms with van der Waals surface area (Å²) in [4.78, 5) is 14.2. The summed E-state index contributed by atoms with van der Waals surface area (Å²) in [5.74, 6) is -1.55. The fraction of sp³-hybridized carbons (Fsp3) is 0.278. The van der Waals surface area contributed by atoms with Gasteiger partial charge in [0.15, 0.2) is 0 Å². The predicted molar refractivity (Wildman–Crippen MR) is 88.8 cm³/mol. The molecule has 0 radical (unpaired) electrons. The number of ether oxygens (including phenoxy) is 1. The Hall–Kier alpha value is -2.61. The lowest BCUT2D eigenvalue weighted by atomic mass is 10.1. The summed E-state index contributed by atoms with van der Waals surface area (Å²) in [6.07, 6.45) is -4.55. The molecule has 1 saturated heterocycles. The average Bonchev–Trinajstić information content (AvgIpc) is 2.62. The molecule has 0 bridgehead atoms. The van der Waals surface area contributed by atoms with E-state index in [4.69, 9.17) is 4.74 Å². The van der Waals surface area contributed by atoms with Crippen molar-refractivity contribution in [1.82, 2.24) is 0 Å². The maximum Gasteiger partial charge on any atom is 0.416 e. The van der Waals surface area contributed by atoms with E-state index in [9.17, 15) is 22.4 Å². The lowest BCUT2D eigenvalue weighted by Crippen LogP contribution is -2.37. The number of anilines is 2. The van der Waals surface area contributed by atoms with Gasteiger partial charge in [-0.3, -0.25) is 4.79 Å². The molecule has 0 aliphatic carbocycles. The molecular formula is C18H16F4N2O2. The molecule has 1 amide bonds. The van der Waals surface area contributed by atoms with Crippen molar-refractivity contribution >= 4 is 17.3 Å². The Morgan fingerprint density at radius 1 is 1.08 bits per heavy atom. The van der Waals surface area contributed by atoms with E-state index in [0.717, 1.165) is 18.2 Å². The van der Waals surface area contributed by atoms with E-state index in [-0.39, 0.29) is 11.3 Å². The largest absolute Gasteiger partial charge is 0.416 e. The lowest BCUT2D eigenvalue weighted by Gasteiger charge is -2.31. The molecule has 1 N–H and O–H groups in total. The second-order valence-corrected chi connectivity index (χ2v) is 5.76. The molecule has 0 spiro atoms. The number of nitrogens with one attached hydrogen (secondary N) is 1. The number of amides is 1. The van der Waals surface area contributed by atoms with Crippen LogP contribution < -0.4 is 10.2 Å². The molecular weight excluding hydrogens is 352 g/mol. The molecule has 2 aromatic rings. The molecule has 0 atom stereocenters. The van der Waals surface area contributed by atoms with E-state index >= 15 is 0 Å². The van der Waals surface area contributed by atoms with E-state index in [2.05, 4.69) is 5.32 Å². The van der Waals surface area contributed by atoms with Gasteiger partial charge in [-0.15, -0.1) is 0 Å². The third-order valence-electron chi connectivity index (χ3n) is 4.04. The van der Waals surface area contributed by atoms with Crippen LogP contribution in [-0.2, 0) is 10.9 Å². The van der Waals surface area contributed by atoms with Gasteiger partial charge in [-0.1, -0.05) is 12.1 Å². The van der Waals surface area contributed by atoms with Crippen molar-refractivity contribution in [3.8, 4) is 0 Å². The molecule has 1 heterocycles. The monoisotopic (exact) mass is 368 g/mol. The fourth-order valence-corrected chi connectivity index (χ4v) is 2.73. The zero-order valence-electron chi connectivity index (χ0n) is 13.6. The Morgan fingerprint density at radius 2 is 1.77 bits per heavy atom. The molecule has 0 unspecified atom stereocenters. The van der Waals surface area contributed by atoms with Gasteiger partial charge in [0, 0.05) is 13.1 Å². The Bertz CT molecular complexity index is 802. The smallest absolute Gasteiger partial charge is 0.378 e. The molecule has 2 aromatic carbocycles. The van der Waals surface area contributed by atoms with Crippen molar-refractivity contribution in [2.24, 2.45) is 0 Å². The Balaban J connectivity index is 1.96. The molecule has 1 aliphatic heterocycles. The van der Waals surface area contributed by atoms with Gasteiger partial charge < -0.3 is 15.0 Å². The number of nitrogens with zero attached hydrogens (tertiary/aromatic N) is 1. The fourth-order valence-electron chi connectivity index (χ4n) is 2.73. The zero-order chi connectivity index (χ0) is 18.7. The van der Waals surface area contributed by atoms with Crippen LogP contribution in [0.2, 0.25) is 0 Å². The van der Waals surface area contributed by atoms with E-state index in [0.29, 0.717) is 32.0 Å². The summed E-state index contributed by atoms with van der Waals surface area (Å²) in [5.41, 5.74) is -0.711. The van der Waals surface area contributed by atoms with E-state index in [1.165, 1.54) is 24.3 Å². The highest BCUT2D eigenvalue weighted by atomic mass is 19.4. The van der Waals surface area contributed by atoms with Gasteiger partial charge in [-0.2, -0.15) is 13.2 Å². The van der Waals surface area contributed by atoms with Crippen LogP contribution in [-0.4, -0.2) is 32.2 Å². The summed E-state index contributed by atoms with van der Waals surface area (Å²) in [6.45, 7) is 1.82. The van der Waals surface area contributed by atoms with Gasteiger partial charge in [-0.05, 0) is 30.3 Å². The van der Waals surface area contributed by atoms with Crippen LogP contribution >= 0.6 is 0 Å². The maximum absolute atomic E-state index is 13.8. The summed E-state index contributed by atoms with van der Waals surface area (Å²) in [7, 11) is 0. The van der Waals surface area contributed by atoms with Crippen LogP contribution in [0.15, 0.2) is 42.5 Å². The second-order valence-electron chi connectivity index (χ2n) is 5.76. The van der Waals surface area contributed by atoms with Crippen molar-refractivity contribution in [1.29, 1.82) is 0 Å². The number of hydrogen-bond donors (Lipinski definition) is 1. The van der Waals surface area contributed by atoms with Crippen molar-refractivity contribution in [2.45, 2.75) is 6.18 Å². The maximum atomic E-state index is 13.8. The van der Waals surface area contributed by atoms with Gasteiger partial charge in [0.1, 0.15) is 5.82 Å². The molecule has 3 rings (SSSR count). The SMILES string of the molecule is O=C(Nc1cc(C(F)(F)F)ccc1N1CCOCC1)c1ccccc1F. The first-order chi connectivity index (χ1) is 12.4. The highest BCUT2D eigenvalue weighted by molar-refractivity contribution is 6.06. The number of hydrogen-bond acceptors (Lipinski definition) is 3. The summed E-state index contributed by atoms with van der Waals surface area (Å²) in [6, 6.07) is 8.43.